The molecule has 0 radical (unpaired) electrons. The number of aryl methyl sites for hydroxylation is 2. The van der Waals surface area contributed by atoms with E-state index in [1.54, 1.807) is 18.4 Å². The molecular formula is C14H24N2O2S. The van der Waals surface area contributed by atoms with Crippen LogP contribution < -0.4 is 5.32 Å². The second-order valence-corrected chi connectivity index (χ2v) is 6.42. The number of thiazole rings is 1. The lowest BCUT2D eigenvalue weighted by atomic mass is 10.1. The third-order valence-corrected chi connectivity index (χ3v) is 4.77. The lowest BCUT2D eigenvalue weighted by molar-refractivity contribution is 0.0299. The first-order valence-electron chi connectivity index (χ1n) is 6.93. The highest BCUT2D eigenvalue weighted by Gasteiger charge is 2.32. The van der Waals surface area contributed by atoms with E-state index in [1.807, 2.05) is 0 Å². The molecule has 0 saturated carbocycles. The molecule has 1 N–H and O–H groups in total. The van der Waals surface area contributed by atoms with Crippen molar-refractivity contribution in [3.05, 3.63) is 15.6 Å². The van der Waals surface area contributed by atoms with E-state index in [4.69, 9.17) is 14.5 Å². The number of nitrogens with zero attached hydrogens (tertiary/aromatic N) is 1. The Balaban J connectivity index is 2.09. The Hall–Kier alpha value is -0.490. The molecular weight excluding hydrogens is 260 g/mol. The fraction of sp³-hybridized carbons (Fsp3) is 0.786. The summed E-state index contributed by atoms with van der Waals surface area (Å²) in [6, 6.07) is 0.192. The maximum Gasteiger partial charge on any atom is 0.113 e. The van der Waals surface area contributed by atoms with Gasteiger partial charge < -0.3 is 14.8 Å². The van der Waals surface area contributed by atoms with E-state index in [2.05, 4.69) is 26.1 Å². The third kappa shape index (κ3) is 3.75. The van der Waals surface area contributed by atoms with Crippen LogP contribution in [0.3, 0.4) is 0 Å². The van der Waals surface area contributed by atoms with Gasteiger partial charge in [-0.15, -0.1) is 11.3 Å². The number of hydrogen-bond acceptors (Lipinski definition) is 5. The number of methoxy groups -OCH3 is 1. The van der Waals surface area contributed by atoms with E-state index in [-0.39, 0.29) is 12.1 Å². The molecule has 5 heteroatoms. The molecule has 1 aliphatic heterocycles. The number of rotatable bonds is 6. The maximum atomic E-state index is 6.02. The molecule has 0 amide bonds. The van der Waals surface area contributed by atoms with Crippen LogP contribution in [0.5, 0.6) is 0 Å². The molecule has 1 aromatic rings. The zero-order valence-electron chi connectivity index (χ0n) is 12.2. The quantitative estimate of drug-likeness (QED) is 0.816. The summed E-state index contributed by atoms with van der Waals surface area (Å²) in [6.45, 7) is 7.88. The fourth-order valence-corrected chi connectivity index (χ4v) is 3.46. The summed E-state index contributed by atoms with van der Waals surface area (Å²) in [7, 11) is 1.72. The van der Waals surface area contributed by atoms with E-state index in [1.165, 1.54) is 4.88 Å². The number of aromatic nitrogens is 1. The van der Waals surface area contributed by atoms with Gasteiger partial charge in [0.15, 0.2) is 0 Å². The van der Waals surface area contributed by atoms with Gasteiger partial charge in [0.2, 0.25) is 0 Å². The van der Waals surface area contributed by atoms with Gasteiger partial charge in [-0.2, -0.15) is 0 Å². The smallest absolute Gasteiger partial charge is 0.113 e. The Morgan fingerprint density at radius 3 is 2.79 bits per heavy atom. The van der Waals surface area contributed by atoms with Gasteiger partial charge in [-0.1, -0.05) is 0 Å². The molecule has 4 nitrogen and oxygen atoms in total. The standard InChI is InChI=1S/C14H24N2O2S/c1-9-5-6-12(18-9)13(15-7-8-17-4)14-16-10(2)11(3)19-14/h9,12-13,15H,5-8H2,1-4H3. The normalized spacial score (nSPS) is 24.8. The second kappa shape index (κ2) is 6.79. The van der Waals surface area contributed by atoms with E-state index >= 15 is 0 Å². The Kier molecular flexibility index (Phi) is 5.33. The first kappa shape index (κ1) is 14.9. The van der Waals surface area contributed by atoms with Crippen LogP contribution in [0.1, 0.15) is 41.4 Å². The highest BCUT2D eigenvalue weighted by Crippen LogP contribution is 2.32. The predicted octanol–water partition coefficient (Wildman–Crippen LogP) is 2.60. The van der Waals surface area contributed by atoms with Crippen molar-refractivity contribution in [3.63, 3.8) is 0 Å². The molecule has 19 heavy (non-hydrogen) atoms. The number of ether oxygens (including phenoxy) is 2. The first-order chi connectivity index (χ1) is 9.11. The minimum atomic E-state index is 0.192. The maximum absolute atomic E-state index is 6.02. The van der Waals surface area contributed by atoms with Gasteiger partial charge in [0.25, 0.3) is 0 Å². The van der Waals surface area contributed by atoms with Crippen LogP contribution in [0.4, 0.5) is 0 Å². The molecule has 2 heterocycles. The van der Waals surface area contributed by atoms with Crippen molar-refractivity contribution in [2.75, 3.05) is 20.3 Å². The summed E-state index contributed by atoms with van der Waals surface area (Å²) in [6.07, 6.45) is 2.83. The Morgan fingerprint density at radius 1 is 1.47 bits per heavy atom. The SMILES string of the molecule is COCCNC(c1nc(C)c(C)s1)C1CCC(C)O1. The summed E-state index contributed by atoms with van der Waals surface area (Å²) < 4.78 is 11.1. The monoisotopic (exact) mass is 284 g/mol. The van der Waals surface area contributed by atoms with Gasteiger partial charge in [-0.3, -0.25) is 0 Å². The zero-order valence-corrected chi connectivity index (χ0v) is 13.0. The van der Waals surface area contributed by atoms with Crippen LogP contribution in [0, 0.1) is 13.8 Å². The lowest BCUT2D eigenvalue weighted by Crippen LogP contribution is -2.34. The zero-order chi connectivity index (χ0) is 13.8. The van der Waals surface area contributed by atoms with Crippen LogP contribution in [-0.4, -0.2) is 37.5 Å². The second-order valence-electron chi connectivity index (χ2n) is 5.18. The van der Waals surface area contributed by atoms with E-state index in [0.29, 0.717) is 12.7 Å². The molecule has 2 rings (SSSR count). The molecule has 1 fully saturated rings. The van der Waals surface area contributed by atoms with Crippen molar-refractivity contribution >= 4 is 11.3 Å². The Bertz CT molecular complexity index is 389. The van der Waals surface area contributed by atoms with Crippen molar-refractivity contribution < 1.29 is 9.47 Å². The van der Waals surface area contributed by atoms with Gasteiger partial charge >= 0.3 is 0 Å². The molecule has 1 aliphatic rings. The van der Waals surface area contributed by atoms with Gasteiger partial charge in [-0.05, 0) is 33.6 Å². The summed E-state index contributed by atoms with van der Waals surface area (Å²) in [5.74, 6) is 0. The first-order valence-corrected chi connectivity index (χ1v) is 7.75. The minimum absolute atomic E-state index is 0.192. The van der Waals surface area contributed by atoms with Crippen LogP contribution in [0.2, 0.25) is 0 Å². The highest BCUT2D eigenvalue weighted by molar-refractivity contribution is 7.11. The third-order valence-electron chi connectivity index (χ3n) is 3.62. The Morgan fingerprint density at radius 2 is 2.26 bits per heavy atom. The van der Waals surface area contributed by atoms with Crippen LogP contribution in [0.25, 0.3) is 0 Å². The summed E-state index contributed by atoms with van der Waals surface area (Å²) >= 11 is 1.77. The van der Waals surface area contributed by atoms with Crippen LogP contribution in [0.15, 0.2) is 0 Å². The topological polar surface area (TPSA) is 43.4 Å². The molecule has 1 aromatic heterocycles. The van der Waals surface area contributed by atoms with E-state index in [9.17, 15) is 0 Å². The van der Waals surface area contributed by atoms with Crippen LogP contribution >= 0.6 is 11.3 Å². The molecule has 1 saturated heterocycles. The van der Waals surface area contributed by atoms with E-state index in [0.717, 1.165) is 30.1 Å². The van der Waals surface area contributed by atoms with Gasteiger partial charge in [0.1, 0.15) is 5.01 Å². The molecule has 108 valence electrons. The number of hydrogen-bond donors (Lipinski definition) is 1. The molecule has 3 atom stereocenters. The molecule has 0 aromatic carbocycles. The van der Waals surface area contributed by atoms with Gasteiger partial charge in [0.05, 0.1) is 30.6 Å². The lowest BCUT2D eigenvalue weighted by Gasteiger charge is -2.23. The van der Waals surface area contributed by atoms with Crippen LogP contribution in [-0.2, 0) is 9.47 Å². The fourth-order valence-electron chi connectivity index (χ4n) is 2.40. The van der Waals surface area contributed by atoms with Crippen molar-refractivity contribution in [2.45, 2.75) is 51.9 Å². The molecule has 0 bridgehead atoms. The Labute approximate surface area is 119 Å². The average molecular weight is 284 g/mol. The molecule has 3 unspecified atom stereocenters. The average Bonchev–Trinajstić information content (AvgIpc) is 2.93. The van der Waals surface area contributed by atoms with Crippen molar-refractivity contribution in [1.29, 1.82) is 0 Å². The van der Waals surface area contributed by atoms with Crippen molar-refractivity contribution in [3.8, 4) is 0 Å². The van der Waals surface area contributed by atoms with E-state index < -0.39 is 0 Å². The predicted molar refractivity (Wildman–Crippen MR) is 77.8 cm³/mol. The minimum Gasteiger partial charge on any atom is -0.383 e. The summed E-state index contributed by atoms with van der Waals surface area (Å²) in [4.78, 5) is 5.99. The van der Waals surface area contributed by atoms with Gasteiger partial charge in [0, 0.05) is 18.5 Å². The summed E-state index contributed by atoms with van der Waals surface area (Å²) in [5, 5.41) is 4.68. The number of nitrogens with one attached hydrogen (secondary N) is 1. The van der Waals surface area contributed by atoms with Crippen molar-refractivity contribution in [1.82, 2.24) is 10.3 Å². The molecule has 0 spiro atoms. The summed E-state index contributed by atoms with van der Waals surface area (Å²) in [5.41, 5.74) is 1.13. The molecule has 0 aliphatic carbocycles. The largest absolute Gasteiger partial charge is 0.383 e. The van der Waals surface area contributed by atoms with Gasteiger partial charge in [-0.25, -0.2) is 4.98 Å². The van der Waals surface area contributed by atoms with Crippen molar-refractivity contribution in [2.24, 2.45) is 0 Å². The highest BCUT2D eigenvalue weighted by atomic mass is 32.1.